The Balaban J connectivity index is 4.26. The molecule has 1 amide bonds. The third kappa shape index (κ3) is 10.5. The van der Waals surface area contributed by atoms with Crippen LogP contribution in [-0.4, -0.2) is 35.6 Å². The van der Waals surface area contributed by atoms with Crippen molar-refractivity contribution >= 4 is 12.2 Å². The molecule has 0 rings (SSSR count). The summed E-state index contributed by atoms with van der Waals surface area (Å²) in [7, 11) is 0. The minimum absolute atomic E-state index is 0.0127. The van der Waals surface area contributed by atoms with E-state index in [1.165, 1.54) is 0 Å². The van der Waals surface area contributed by atoms with Crippen LogP contribution < -0.4 is 5.32 Å². The first-order chi connectivity index (χ1) is 8.70. The van der Waals surface area contributed by atoms with Crippen molar-refractivity contribution in [3.8, 4) is 0 Å². The zero-order chi connectivity index (χ0) is 16.2. The van der Waals surface area contributed by atoms with Crippen LogP contribution in [0.25, 0.3) is 0 Å². The smallest absolute Gasteiger partial charge is 0.444 e. The van der Waals surface area contributed by atoms with Crippen LogP contribution in [0.5, 0.6) is 0 Å². The number of alkyl carbamates (subject to hydrolysis) is 1. The predicted octanol–water partition coefficient (Wildman–Crippen LogP) is 3.24. The summed E-state index contributed by atoms with van der Waals surface area (Å²) in [6, 6.07) is 0. The van der Waals surface area contributed by atoms with Gasteiger partial charge in [0.15, 0.2) is 0 Å². The van der Waals surface area contributed by atoms with Gasteiger partial charge in [-0.05, 0) is 55.4 Å². The summed E-state index contributed by atoms with van der Waals surface area (Å²) in [5.74, 6) is 0. The lowest BCUT2D eigenvalue weighted by atomic mass is 10.1. The highest BCUT2D eigenvalue weighted by molar-refractivity contribution is 5.68. The fourth-order valence-electron chi connectivity index (χ4n) is 1.13. The number of carbonyl (C=O) groups excluding carboxylic acids is 2. The van der Waals surface area contributed by atoms with Gasteiger partial charge < -0.3 is 19.5 Å². The Morgan fingerprint density at radius 3 is 1.70 bits per heavy atom. The van der Waals surface area contributed by atoms with E-state index in [-0.39, 0.29) is 6.61 Å². The van der Waals surface area contributed by atoms with Crippen molar-refractivity contribution in [2.45, 2.75) is 72.1 Å². The van der Waals surface area contributed by atoms with E-state index in [1.807, 2.05) is 0 Å². The molecule has 0 atom stereocenters. The van der Waals surface area contributed by atoms with Crippen molar-refractivity contribution in [3.63, 3.8) is 0 Å². The van der Waals surface area contributed by atoms with E-state index >= 15 is 0 Å². The quantitative estimate of drug-likeness (QED) is 0.807. The van der Waals surface area contributed by atoms with Crippen LogP contribution in [-0.2, 0) is 14.2 Å². The molecule has 0 aromatic heterocycles. The summed E-state index contributed by atoms with van der Waals surface area (Å²) < 4.78 is 15.1. The predicted molar refractivity (Wildman–Crippen MR) is 75.6 cm³/mol. The van der Waals surface area contributed by atoms with E-state index in [0.29, 0.717) is 0 Å². The maximum Gasteiger partial charge on any atom is 0.508 e. The molecule has 0 fully saturated rings. The molecule has 0 spiro atoms. The summed E-state index contributed by atoms with van der Waals surface area (Å²) in [6.07, 6.45) is -1.33. The van der Waals surface area contributed by atoms with Gasteiger partial charge in [0, 0.05) is 0 Å². The van der Waals surface area contributed by atoms with Crippen LogP contribution in [0, 0.1) is 0 Å². The molecule has 0 aromatic carbocycles. The van der Waals surface area contributed by atoms with Crippen molar-refractivity contribution < 1.29 is 23.8 Å². The zero-order valence-electron chi connectivity index (χ0n) is 13.7. The Kier molecular flexibility index (Phi) is 5.86. The Morgan fingerprint density at radius 2 is 1.30 bits per heavy atom. The number of ether oxygens (including phenoxy) is 3. The third-order valence-corrected chi connectivity index (χ3v) is 1.78. The minimum Gasteiger partial charge on any atom is -0.444 e. The van der Waals surface area contributed by atoms with Crippen molar-refractivity contribution in [2.24, 2.45) is 0 Å². The SMILES string of the molecule is CC(C)(COC(=O)OC(C)(C)C)NC(=O)OC(C)(C)C. The van der Waals surface area contributed by atoms with E-state index in [0.717, 1.165) is 0 Å². The largest absolute Gasteiger partial charge is 0.508 e. The van der Waals surface area contributed by atoms with Gasteiger partial charge >= 0.3 is 12.2 Å². The van der Waals surface area contributed by atoms with Crippen molar-refractivity contribution in [2.75, 3.05) is 6.61 Å². The first kappa shape index (κ1) is 18.5. The first-order valence-corrected chi connectivity index (χ1v) is 6.57. The number of amides is 1. The van der Waals surface area contributed by atoms with E-state index < -0.39 is 29.0 Å². The molecule has 1 N–H and O–H groups in total. The highest BCUT2D eigenvalue weighted by atomic mass is 16.7. The molecule has 0 bridgehead atoms. The molecule has 6 heteroatoms. The van der Waals surface area contributed by atoms with E-state index in [4.69, 9.17) is 14.2 Å². The molecule has 0 aliphatic rings. The van der Waals surface area contributed by atoms with Crippen LogP contribution in [0.1, 0.15) is 55.4 Å². The molecule has 0 aliphatic carbocycles. The second kappa shape index (κ2) is 6.33. The van der Waals surface area contributed by atoms with Crippen LogP contribution in [0.15, 0.2) is 0 Å². The highest BCUT2D eigenvalue weighted by Crippen LogP contribution is 2.12. The van der Waals surface area contributed by atoms with Gasteiger partial charge in [-0.3, -0.25) is 0 Å². The molecule has 0 heterocycles. The molecule has 6 nitrogen and oxygen atoms in total. The maximum atomic E-state index is 11.6. The standard InChI is InChI=1S/C14H27NO5/c1-12(2,3)19-10(16)15-14(7,8)9-18-11(17)20-13(4,5)6/h9H2,1-8H3,(H,15,16). The van der Waals surface area contributed by atoms with Gasteiger partial charge in [-0.2, -0.15) is 0 Å². The maximum absolute atomic E-state index is 11.6. The van der Waals surface area contributed by atoms with Crippen molar-refractivity contribution in [1.29, 1.82) is 0 Å². The van der Waals surface area contributed by atoms with E-state index in [9.17, 15) is 9.59 Å². The Bertz CT molecular complexity index is 350. The Labute approximate surface area is 121 Å². The summed E-state index contributed by atoms with van der Waals surface area (Å²) in [5, 5.41) is 2.64. The number of hydrogen-bond donors (Lipinski definition) is 1. The van der Waals surface area contributed by atoms with E-state index in [1.54, 1.807) is 55.4 Å². The Morgan fingerprint density at radius 1 is 0.850 bits per heavy atom. The molecule has 118 valence electrons. The number of nitrogens with one attached hydrogen (secondary N) is 1. The van der Waals surface area contributed by atoms with Gasteiger partial charge in [-0.1, -0.05) is 0 Å². The molecule has 0 aromatic rings. The van der Waals surface area contributed by atoms with Gasteiger partial charge in [0.05, 0.1) is 5.54 Å². The second-order valence-corrected chi connectivity index (χ2v) is 7.26. The number of carbonyl (C=O) groups is 2. The first-order valence-electron chi connectivity index (χ1n) is 6.57. The molecular formula is C14H27NO5. The van der Waals surface area contributed by atoms with Crippen LogP contribution in [0.3, 0.4) is 0 Å². The number of rotatable bonds is 3. The topological polar surface area (TPSA) is 73.9 Å². The lowest BCUT2D eigenvalue weighted by Crippen LogP contribution is -2.49. The summed E-state index contributed by atoms with van der Waals surface area (Å²) in [4.78, 5) is 23.1. The lowest BCUT2D eigenvalue weighted by molar-refractivity contribution is -0.0179. The second-order valence-electron chi connectivity index (χ2n) is 7.26. The summed E-state index contributed by atoms with van der Waals surface area (Å²) in [5.41, 5.74) is -1.94. The molecule has 0 unspecified atom stereocenters. The van der Waals surface area contributed by atoms with Gasteiger partial charge in [-0.25, -0.2) is 9.59 Å². The lowest BCUT2D eigenvalue weighted by Gasteiger charge is -2.28. The van der Waals surface area contributed by atoms with Gasteiger partial charge in [0.25, 0.3) is 0 Å². The zero-order valence-corrected chi connectivity index (χ0v) is 13.7. The Hall–Kier alpha value is -1.46. The van der Waals surface area contributed by atoms with Crippen LogP contribution in [0.2, 0.25) is 0 Å². The average Bonchev–Trinajstić information content (AvgIpc) is 2.07. The normalized spacial score (nSPS) is 12.6. The van der Waals surface area contributed by atoms with Crippen molar-refractivity contribution in [1.82, 2.24) is 5.32 Å². The summed E-state index contributed by atoms with van der Waals surface area (Å²) in [6.45, 7) is 14.0. The third-order valence-electron chi connectivity index (χ3n) is 1.78. The van der Waals surface area contributed by atoms with Crippen molar-refractivity contribution in [3.05, 3.63) is 0 Å². The van der Waals surface area contributed by atoms with Crippen LogP contribution >= 0.6 is 0 Å². The molecule has 20 heavy (non-hydrogen) atoms. The summed E-state index contributed by atoms with van der Waals surface area (Å²) >= 11 is 0. The molecule has 0 saturated heterocycles. The highest BCUT2D eigenvalue weighted by Gasteiger charge is 2.27. The van der Waals surface area contributed by atoms with E-state index in [2.05, 4.69) is 5.32 Å². The fourth-order valence-corrected chi connectivity index (χ4v) is 1.13. The number of hydrogen-bond acceptors (Lipinski definition) is 5. The molecular weight excluding hydrogens is 262 g/mol. The van der Waals surface area contributed by atoms with Gasteiger partial charge in [-0.15, -0.1) is 0 Å². The molecule has 0 saturated carbocycles. The van der Waals surface area contributed by atoms with Gasteiger partial charge in [0.2, 0.25) is 0 Å². The monoisotopic (exact) mass is 289 g/mol. The molecule has 0 radical (unpaired) electrons. The van der Waals surface area contributed by atoms with Crippen LogP contribution in [0.4, 0.5) is 9.59 Å². The van der Waals surface area contributed by atoms with Gasteiger partial charge in [0.1, 0.15) is 17.8 Å². The molecule has 0 aliphatic heterocycles. The fraction of sp³-hybridized carbons (Fsp3) is 0.857. The minimum atomic E-state index is -0.767. The average molecular weight is 289 g/mol.